The number of aryl methyl sites for hydroxylation is 1. The highest BCUT2D eigenvalue weighted by atomic mass is 16.1. The lowest BCUT2D eigenvalue weighted by molar-refractivity contribution is 0.102. The summed E-state index contributed by atoms with van der Waals surface area (Å²) in [5, 5.41) is 2.70. The molecule has 4 aromatic rings. The fraction of sp³-hybridized carbons (Fsp3) is 0.0556. The van der Waals surface area contributed by atoms with Crippen LogP contribution in [0.1, 0.15) is 16.1 Å². The minimum absolute atomic E-state index is 0.233. The Morgan fingerprint density at radius 2 is 2.00 bits per heavy atom. The lowest BCUT2D eigenvalue weighted by atomic mass is 10.2. The summed E-state index contributed by atoms with van der Waals surface area (Å²) in [6, 6.07) is 11.0. The Balaban J connectivity index is 1.70. The predicted octanol–water partition coefficient (Wildman–Crippen LogP) is 2.75. The van der Waals surface area contributed by atoms with Crippen molar-refractivity contribution in [2.75, 3.05) is 5.32 Å². The molecule has 0 aliphatic carbocycles. The molecule has 4 aromatic heterocycles. The minimum Gasteiger partial charge on any atom is -0.298 e. The number of carbonyl (C=O) groups is 1. The van der Waals surface area contributed by atoms with Gasteiger partial charge >= 0.3 is 0 Å². The van der Waals surface area contributed by atoms with Gasteiger partial charge in [0.15, 0.2) is 0 Å². The van der Waals surface area contributed by atoms with Crippen LogP contribution in [0.3, 0.4) is 0 Å². The normalized spacial score (nSPS) is 10.8. The van der Waals surface area contributed by atoms with E-state index in [0.717, 1.165) is 17.0 Å². The minimum atomic E-state index is -0.305. The van der Waals surface area contributed by atoms with Gasteiger partial charge in [-0.1, -0.05) is 6.07 Å². The molecule has 0 spiro atoms. The molecule has 0 atom stereocenters. The first-order chi connectivity index (χ1) is 12.2. The van der Waals surface area contributed by atoms with Crippen LogP contribution < -0.4 is 5.32 Å². The Hall–Kier alpha value is -3.61. The number of hydrogen-bond donors (Lipinski definition) is 1. The van der Waals surface area contributed by atoms with Gasteiger partial charge in [0.25, 0.3) is 5.91 Å². The lowest BCUT2D eigenvalue weighted by Gasteiger charge is -2.06. The van der Waals surface area contributed by atoms with Crippen molar-refractivity contribution in [2.24, 2.45) is 0 Å². The number of amides is 1. The summed E-state index contributed by atoms with van der Waals surface area (Å²) in [6.07, 6.45) is 6.65. The summed E-state index contributed by atoms with van der Waals surface area (Å²) in [4.78, 5) is 29.3. The number of fused-ring (bicyclic) bond motifs is 1. The van der Waals surface area contributed by atoms with Crippen molar-refractivity contribution < 1.29 is 4.79 Å². The van der Waals surface area contributed by atoms with Crippen molar-refractivity contribution in [1.82, 2.24) is 24.3 Å². The molecule has 1 amide bonds. The van der Waals surface area contributed by atoms with Gasteiger partial charge in [0, 0.05) is 24.8 Å². The van der Waals surface area contributed by atoms with Crippen molar-refractivity contribution in [3.8, 4) is 11.4 Å². The molecule has 0 bridgehead atoms. The van der Waals surface area contributed by atoms with E-state index in [2.05, 4.69) is 25.3 Å². The van der Waals surface area contributed by atoms with Crippen LogP contribution in [0.15, 0.2) is 61.2 Å². The number of carbonyl (C=O) groups excluding carboxylic acids is 1. The molecule has 122 valence electrons. The van der Waals surface area contributed by atoms with E-state index in [1.54, 1.807) is 30.6 Å². The molecule has 0 aliphatic rings. The van der Waals surface area contributed by atoms with Gasteiger partial charge in [-0.25, -0.2) is 15.0 Å². The van der Waals surface area contributed by atoms with Crippen LogP contribution in [0, 0.1) is 6.92 Å². The first kappa shape index (κ1) is 14.9. The first-order valence-electron chi connectivity index (χ1n) is 7.71. The van der Waals surface area contributed by atoms with Crippen molar-refractivity contribution >= 4 is 17.5 Å². The van der Waals surface area contributed by atoms with E-state index in [1.807, 2.05) is 35.7 Å². The Morgan fingerprint density at radius 3 is 2.84 bits per heavy atom. The zero-order valence-corrected chi connectivity index (χ0v) is 13.4. The van der Waals surface area contributed by atoms with Crippen LogP contribution in [-0.4, -0.2) is 30.2 Å². The monoisotopic (exact) mass is 330 g/mol. The molecule has 7 nitrogen and oxygen atoms in total. The summed E-state index contributed by atoms with van der Waals surface area (Å²) >= 11 is 0. The molecule has 0 aromatic carbocycles. The van der Waals surface area contributed by atoms with Crippen molar-refractivity contribution in [3.63, 3.8) is 0 Å². The molecule has 1 N–H and O–H groups in total. The lowest BCUT2D eigenvalue weighted by Crippen LogP contribution is -2.14. The quantitative estimate of drug-likeness (QED) is 0.624. The molecule has 25 heavy (non-hydrogen) atoms. The van der Waals surface area contributed by atoms with Crippen LogP contribution in [0.4, 0.5) is 5.95 Å². The van der Waals surface area contributed by atoms with E-state index in [9.17, 15) is 4.79 Å². The standard InChI is InChI=1S/C18H14N6O/c1-12-16(24-10-3-2-6-15(24)21-12)14-7-9-20-18(22-14)23-17(25)13-5-4-8-19-11-13/h2-11H,1H3,(H,20,22,23,25). The third-order valence-electron chi connectivity index (χ3n) is 3.75. The number of aromatic nitrogens is 5. The Morgan fingerprint density at radius 1 is 1.08 bits per heavy atom. The third kappa shape index (κ3) is 2.83. The van der Waals surface area contributed by atoms with Crippen molar-refractivity contribution in [3.05, 3.63) is 72.4 Å². The molecular weight excluding hydrogens is 316 g/mol. The topological polar surface area (TPSA) is 85.1 Å². The molecule has 0 saturated carbocycles. The van der Waals surface area contributed by atoms with Crippen LogP contribution in [0.25, 0.3) is 17.0 Å². The summed E-state index contributed by atoms with van der Waals surface area (Å²) in [5.74, 6) is -0.0725. The Kier molecular flexibility index (Phi) is 3.66. The largest absolute Gasteiger partial charge is 0.298 e. The van der Waals surface area contributed by atoms with Crippen LogP contribution in [0.2, 0.25) is 0 Å². The smallest absolute Gasteiger partial charge is 0.259 e. The second-order valence-corrected chi connectivity index (χ2v) is 5.44. The van der Waals surface area contributed by atoms with Gasteiger partial charge in [-0.3, -0.25) is 19.5 Å². The summed E-state index contributed by atoms with van der Waals surface area (Å²) < 4.78 is 1.96. The summed E-state index contributed by atoms with van der Waals surface area (Å²) in [7, 11) is 0. The number of anilines is 1. The summed E-state index contributed by atoms with van der Waals surface area (Å²) in [6.45, 7) is 1.93. The Labute approximate surface area is 143 Å². The molecule has 4 rings (SSSR count). The molecule has 0 aliphatic heterocycles. The average molecular weight is 330 g/mol. The highest BCUT2D eigenvalue weighted by Crippen LogP contribution is 2.23. The van der Waals surface area contributed by atoms with Crippen LogP contribution in [0.5, 0.6) is 0 Å². The van der Waals surface area contributed by atoms with E-state index in [0.29, 0.717) is 11.3 Å². The van der Waals surface area contributed by atoms with Gasteiger partial charge in [-0.05, 0) is 37.3 Å². The van der Waals surface area contributed by atoms with E-state index >= 15 is 0 Å². The SMILES string of the molecule is Cc1nc2ccccn2c1-c1ccnc(NC(=O)c2cccnc2)n1. The number of pyridine rings is 2. The van der Waals surface area contributed by atoms with E-state index in [-0.39, 0.29) is 11.9 Å². The van der Waals surface area contributed by atoms with Gasteiger partial charge in [0.1, 0.15) is 5.65 Å². The number of imidazole rings is 1. The van der Waals surface area contributed by atoms with E-state index in [1.165, 1.54) is 6.20 Å². The van der Waals surface area contributed by atoms with Gasteiger partial charge < -0.3 is 0 Å². The van der Waals surface area contributed by atoms with Gasteiger partial charge in [0.2, 0.25) is 5.95 Å². The molecule has 0 unspecified atom stereocenters. The maximum Gasteiger partial charge on any atom is 0.259 e. The molecular formula is C18H14N6O. The second kappa shape index (κ2) is 6.12. The van der Waals surface area contributed by atoms with Gasteiger partial charge in [0.05, 0.1) is 22.6 Å². The van der Waals surface area contributed by atoms with Crippen molar-refractivity contribution in [1.29, 1.82) is 0 Å². The van der Waals surface area contributed by atoms with Crippen molar-refractivity contribution in [2.45, 2.75) is 6.92 Å². The van der Waals surface area contributed by atoms with Gasteiger partial charge in [-0.15, -0.1) is 0 Å². The average Bonchev–Trinajstić information content (AvgIpc) is 2.98. The molecule has 0 saturated heterocycles. The maximum atomic E-state index is 12.2. The summed E-state index contributed by atoms with van der Waals surface area (Å²) in [5.41, 5.74) is 3.70. The van der Waals surface area contributed by atoms with Gasteiger partial charge in [-0.2, -0.15) is 0 Å². The number of nitrogens with one attached hydrogen (secondary N) is 1. The van der Waals surface area contributed by atoms with E-state index < -0.39 is 0 Å². The highest BCUT2D eigenvalue weighted by Gasteiger charge is 2.14. The second-order valence-electron chi connectivity index (χ2n) is 5.44. The number of nitrogens with zero attached hydrogens (tertiary/aromatic N) is 5. The molecule has 7 heteroatoms. The Bertz CT molecular complexity index is 1060. The maximum absolute atomic E-state index is 12.2. The third-order valence-corrected chi connectivity index (χ3v) is 3.75. The zero-order valence-electron chi connectivity index (χ0n) is 13.4. The van der Waals surface area contributed by atoms with Crippen LogP contribution in [-0.2, 0) is 0 Å². The van der Waals surface area contributed by atoms with E-state index in [4.69, 9.17) is 0 Å². The molecule has 4 heterocycles. The fourth-order valence-electron chi connectivity index (χ4n) is 2.64. The first-order valence-corrected chi connectivity index (χ1v) is 7.71. The number of rotatable bonds is 3. The van der Waals surface area contributed by atoms with Crippen LogP contribution >= 0.6 is 0 Å². The molecule has 0 fully saturated rings. The highest BCUT2D eigenvalue weighted by molar-refractivity contribution is 6.03. The zero-order chi connectivity index (χ0) is 17.2. The predicted molar refractivity (Wildman–Crippen MR) is 93.1 cm³/mol. The fourth-order valence-corrected chi connectivity index (χ4v) is 2.64. The molecule has 0 radical (unpaired) electrons. The number of hydrogen-bond acceptors (Lipinski definition) is 5.